The fourth-order valence-electron chi connectivity index (χ4n) is 4.45. The van der Waals surface area contributed by atoms with E-state index in [1.807, 2.05) is 50.2 Å². The number of aryl methyl sites for hydroxylation is 1. The molecule has 8 nitrogen and oxygen atoms in total. The number of ether oxygens (including phenoxy) is 3. The number of rotatable bonds is 18. The summed E-state index contributed by atoms with van der Waals surface area (Å²) in [4.78, 5) is 0. The second-order valence-electron chi connectivity index (χ2n) is 10.7. The van der Waals surface area contributed by atoms with E-state index in [0.717, 1.165) is 87.1 Å². The van der Waals surface area contributed by atoms with Crippen molar-refractivity contribution >= 4 is 16.1 Å². The molecule has 0 saturated heterocycles. The standard InChI is InChI=1S/C31H46N2O6S/c1-31(2)38-24-28-22-27(14-15-30(28)39-31)29(34)23-33-17-7-4-5-8-18-37-19-9-6-11-25-12-10-13-26(21-25)16-20-40(35,36)32-3/h10,12-16,20-22,29,32-34H,4-9,11,17-19,23-24H2,1-3H3/b20-16+/t29-/m1/s1. The number of hydrogen-bond acceptors (Lipinski definition) is 7. The van der Waals surface area contributed by atoms with Gasteiger partial charge in [0, 0.05) is 44.6 Å². The summed E-state index contributed by atoms with van der Waals surface area (Å²) < 4.78 is 42.7. The Morgan fingerprint density at radius 3 is 2.62 bits per heavy atom. The first-order chi connectivity index (χ1) is 19.2. The number of aliphatic hydroxyl groups is 1. The highest BCUT2D eigenvalue weighted by Crippen LogP contribution is 2.32. The fourth-order valence-corrected chi connectivity index (χ4v) is 4.93. The zero-order chi connectivity index (χ0) is 28.8. The van der Waals surface area contributed by atoms with E-state index in [4.69, 9.17) is 14.2 Å². The summed E-state index contributed by atoms with van der Waals surface area (Å²) in [6.07, 6.45) is 8.43. The Kier molecular flexibility index (Phi) is 13.1. The molecule has 0 radical (unpaired) electrons. The first-order valence-corrected chi connectivity index (χ1v) is 15.8. The quantitative estimate of drug-likeness (QED) is 0.213. The Labute approximate surface area is 240 Å². The SMILES string of the molecule is CNS(=O)(=O)/C=C/c1cccc(CCCCOCCCCCCNC[C@@H](O)c2ccc3c(c2)COC(C)(C)O3)c1. The molecule has 1 aliphatic heterocycles. The van der Waals surface area contributed by atoms with Crippen LogP contribution in [0.25, 0.3) is 6.08 Å². The Morgan fingerprint density at radius 2 is 1.82 bits per heavy atom. The highest BCUT2D eigenvalue weighted by Gasteiger charge is 2.27. The van der Waals surface area contributed by atoms with Gasteiger partial charge in [-0.05, 0) is 80.6 Å². The molecule has 40 heavy (non-hydrogen) atoms. The molecule has 0 amide bonds. The maximum Gasteiger partial charge on any atom is 0.233 e. The molecule has 1 atom stereocenters. The number of nitrogens with one attached hydrogen (secondary N) is 2. The molecule has 3 rings (SSSR count). The molecule has 222 valence electrons. The van der Waals surface area contributed by atoms with Gasteiger partial charge in [0.15, 0.2) is 0 Å². The van der Waals surface area contributed by atoms with Gasteiger partial charge in [0.05, 0.1) is 12.7 Å². The smallest absolute Gasteiger partial charge is 0.233 e. The number of sulfonamides is 1. The summed E-state index contributed by atoms with van der Waals surface area (Å²) in [6, 6.07) is 13.8. The van der Waals surface area contributed by atoms with Gasteiger partial charge < -0.3 is 24.6 Å². The summed E-state index contributed by atoms with van der Waals surface area (Å²) >= 11 is 0. The van der Waals surface area contributed by atoms with Crippen LogP contribution in [0.1, 0.15) is 80.7 Å². The van der Waals surface area contributed by atoms with E-state index in [1.54, 1.807) is 6.08 Å². The van der Waals surface area contributed by atoms with E-state index in [0.29, 0.717) is 13.2 Å². The molecular formula is C31H46N2O6S. The maximum absolute atomic E-state index is 11.5. The van der Waals surface area contributed by atoms with Crippen molar-refractivity contribution < 1.29 is 27.7 Å². The van der Waals surface area contributed by atoms with Crippen LogP contribution in [0.3, 0.4) is 0 Å². The Balaban J connectivity index is 1.16. The third kappa shape index (κ3) is 11.7. The zero-order valence-corrected chi connectivity index (χ0v) is 25.0. The molecule has 2 aromatic carbocycles. The van der Waals surface area contributed by atoms with Crippen LogP contribution in [-0.2, 0) is 32.5 Å². The second kappa shape index (κ2) is 16.2. The van der Waals surface area contributed by atoms with Crippen LogP contribution in [-0.4, -0.2) is 52.7 Å². The van der Waals surface area contributed by atoms with Crippen molar-refractivity contribution in [1.29, 1.82) is 0 Å². The lowest BCUT2D eigenvalue weighted by Gasteiger charge is -2.33. The molecule has 1 heterocycles. The van der Waals surface area contributed by atoms with Crippen LogP contribution >= 0.6 is 0 Å². The summed E-state index contributed by atoms with van der Waals surface area (Å²) in [7, 11) is -1.96. The molecule has 1 aliphatic rings. The van der Waals surface area contributed by atoms with Crippen molar-refractivity contribution in [3.05, 3.63) is 70.1 Å². The minimum Gasteiger partial charge on any atom is -0.463 e. The van der Waals surface area contributed by atoms with Gasteiger partial charge in [-0.15, -0.1) is 0 Å². The van der Waals surface area contributed by atoms with E-state index in [9.17, 15) is 13.5 Å². The van der Waals surface area contributed by atoms with Gasteiger partial charge in [-0.1, -0.05) is 43.2 Å². The molecule has 9 heteroatoms. The summed E-state index contributed by atoms with van der Waals surface area (Å²) in [5.74, 6) is 0.207. The fraction of sp³-hybridized carbons (Fsp3) is 0.548. The van der Waals surface area contributed by atoms with Crippen LogP contribution in [0.4, 0.5) is 0 Å². The third-order valence-electron chi connectivity index (χ3n) is 6.81. The van der Waals surface area contributed by atoms with Crippen LogP contribution in [0.15, 0.2) is 47.9 Å². The molecule has 0 aromatic heterocycles. The van der Waals surface area contributed by atoms with Gasteiger partial charge in [0.2, 0.25) is 15.8 Å². The van der Waals surface area contributed by atoms with Crippen LogP contribution < -0.4 is 14.8 Å². The monoisotopic (exact) mass is 574 g/mol. The van der Waals surface area contributed by atoms with Crippen LogP contribution in [0.5, 0.6) is 5.75 Å². The summed E-state index contributed by atoms with van der Waals surface area (Å²) in [6.45, 7) is 7.23. The van der Waals surface area contributed by atoms with Gasteiger partial charge in [-0.2, -0.15) is 0 Å². The average molecular weight is 575 g/mol. The molecule has 0 spiro atoms. The molecule has 0 saturated carbocycles. The number of fused-ring (bicyclic) bond motifs is 1. The second-order valence-corrected chi connectivity index (χ2v) is 12.4. The first kappa shape index (κ1) is 32.2. The van der Waals surface area contributed by atoms with Crippen molar-refractivity contribution in [1.82, 2.24) is 10.0 Å². The Hall–Kier alpha value is -2.27. The Morgan fingerprint density at radius 1 is 1.05 bits per heavy atom. The molecule has 3 N–H and O–H groups in total. The van der Waals surface area contributed by atoms with Crippen LogP contribution in [0.2, 0.25) is 0 Å². The van der Waals surface area contributed by atoms with Gasteiger partial charge in [-0.3, -0.25) is 0 Å². The predicted molar refractivity (Wildman–Crippen MR) is 159 cm³/mol. The topological polar surface area (TPSA) is 106 Å². The molecule has 2 aromatic rings. The molecular weight excluding hydrogens is 528 g/mol. The zero-order valence-electron chi connectivity index (χ0n) is 24.2. The largest absolute Gasteiger partial charge is 0.463 e. The summed E-state index contributed by atoms with van der Waals surface area (Å²) in [5, 5.41) is 15.1. The number of unbranched alkanes of at least 4 members (excludes halogenated alkanes) is 4. The molecule has 0 aliphatic carbocycles. The van der Waals surface area contributed by atoms with Crippen molar-refractivity contribution in [2.75, 3.05) is 33.4 Å². The normalized spacial score (nSPS) is 15.6. The van der Waals surface area contributed by atoms with Gasteiger partial charge >= 0.3 is 0 Å². The Bertz CT molecular complexity index is 1180. The van der Waals surface area contributed by atoms with E-state index in [1.165, 1.54) is 18.0 Å². The van der Waals surface area contributed by atoms with Gasteiger partial charge in [0.25, 0.3) is 0 Å². The summed E-state index contributed by atoms with van der Waals surface area (Å²) in [5.41, 5.74) is 3.92. The van der Waals surface area contributed by atoms with Crippen LogP contribution in [0, 0.1) is 0 Å². The van der Waals surface area contributed by atoms with E-state index in [2.05, 4.69) is 16.1 Å². The lowest BCUT2D eigenvalue weighted by atomic mass is 10.0. The van der Waals surface area contributed by atoms with E-state index in [-0.39, 0.29) is 0 Å². The highest BCUT2D eigenvalue weighted by atomic mass is 32.2. The average Bonchev–Trinajstić information content (AvgIpc) is 2.94. The number of hydrogen-bond donors (Lipinski definition) is 3. The maximum atomic E-state index is 11.5. The van der Waals surface area contributed by atoms with Gasteiger partial charge in [0.1, 0.15) is 5.75 Å². The van der Waals surface area contributed by atoms with Crippen molar-refractivity contribution in [2.24, 2.45) is 0 Å². The lowest BCUT2D eigenvalue weighted by molar-refractivity contribution is -0.180. The molecule has 0 fully saturated rings. The number of benzene rings is 2. The van der Waals surface area contributed by atoms with E-state index < -0.39 is 21.9 Å². The lowest BCUT2D eigenvalue weighted by Crippen LogP contribution is -2.35. The highest BCUT2D eigenvalue weighted by molar-refractivity contribution is 7.92. The van der Waals surface area contributed by atoms with Crippen molar-refractivity contribution in [3.8, 4) is 5.75 Å². The minimum atomic E-state index is -3.35. The predicted octanol–water partition coefficient (Wildman–Crippen LogP) is 5.07. The molecule has 0 unspecified atom stereocenters. The minimum absolute atomic E-state index is 0.488. The van der Waals surface area contributed by atoms with Gasteiger partial charge in [-0.25, -0.2) is 13.1 Å². The van der Waals surface area contributed by atoms with Crippen molar-refractivity contribution in [2.45, 2.75) is 77.3 Å². The third-order valence-corrected chi connectivity index (χ3v) is 7.87. The molecule has 0 bridgehead atoms. The van der Waals surface area contributed by atoms with E-state index >= 15 is 0 Å². The first-order valence-electron chi connectivity index (χ1n) is 14.3. The number of aliphatic hydroxyl groups excluding tert-OH is 1. The van der Waals surface area contributed by atoms with Crippen molar-refractivity contribution in [3.63, 3.8) is 0 Å².